The number of nitrogens with two attached hydrogens (primary N) is 5. The van der Waals surface area contributed by atoms with Crippen molar-refractivity contribution in [2.24, 2.45) is 0 Å². The van der Waals surface area contributed by atoms with E-state index in [4.69, 9.17) is 93.1 Å². The third-order valence-corrected chi connectivity index (χ3v) is 21.8. The van der Waals surface area contributed by atoms with Crippen molar-refractivity contribution in [1.29, 1.82) is 0 Å². The van der Waals surface area contributed by atoms with Crippen LogP contribution in [0.2, 0.25) is 0 Å². The number of imidazole rings is 4. The molecule has 5 aliphatic rings. The fraction of sp³-hybridized carbons (Fsp3) is 0.510. The van der Waals surface area contributed by atoms with Crippen LogP contribution in [0.25, 0.3) is 44.7 Å². The minimum Gasteiger partial charge on any atom is -0.387 e. The van der Waals surface area contributed by atoms with Crippen molar-refractivity contribution < 1.29 is 142 Å². The molecular formula is C49H61N23O33P5+. The van der Waals surface area contributed by atoms with E-state index >= 15 is 0 Å². The highest BCUT2D eigenvalue weighted by molar-refractivity contribution is 7.48. The number of phosphoric ester groups is 4. The van der Waals surface area contributed by atoms with Gasteiger partial charge in [-0.05, 0) is 6.07 Å². The fourth-order valence-electron chi connectivity index (χ4n) is 12.5. The molecule has 110 heavy (non-hydrogen) atoms. The molecule has 594 valence electrons. The molecule has 9 aromatic rings. The first kappa shape index (κ1) is 78.4. The molecule has 0 bridgehead atoms. The van der Waals surface area contributed by atoms with Gasteiger partial charge in [-0.3, -0.25) is 78.6 Å². The Balaban J connectivity index is 0.694. The SMILES string of the molecule is Nc1ccn([C@@H]2O[C@H](COP(=O)(O)O[C@H]3[C@@H](O)[C@H](n4cnc5c(=O)[nH]c(N)nc54)O[C@@H]3COP(=O)(O)O[C@H]3[C@@H](O)[C@H](n4cnc5c(N)ncnc54)O[C@@H]3CO[P+](=O)O)[C@@H](OP(=O)(O)OC[C@H]3O[C@@H](n4cnc5c(=O)[nH]c(N)nc54)[C@H](O)[C@@H]3OP(=O)(O)OC[C@H]3O[C@@H](n4cnc5c(N)ncnc54)[C@H](O)[C@@H]3O)[C@H]2O)c(=O)n1. The van der Waals surface area contributed by atoms with Crippen molar-refractivity contribution in [1.82, 2.24) is 87.6 Å². The number of fused-ring (bicyclic) bond motifs is 4. The van der Waals surface area contributed by atoms with E-state index < -0.39 is 230 Å². The molecule has 25 atom stereocenters. The Labute approximate surface area is 607 Å². The summed E-state index contributed by atoms with van der Waals surface area (Å²) in [5.74, 6) is -1.47. The maximum Gasteiger partial charge on any atom is 0.694 e. The molecule has 0 saturated carbocycles. The molecule has 0 spiro atoms. The average Bonchev–Trinajstić information content (AvgIpc) is 1.64. The van der Waals surface area contributed by atoms with E-state index in [0.29, 0.717) is 4.57 Å². The fourth-order valence-corrected chi connectivity index (χ4v) is 16.6. The van der Waals surface area contributed by atoms with Gasteiger partial charge in [0, 0.05) is 10.8 Å². The highest BCUT2D eigenvalue weighted by Crippen LogP contribution is 2.56. The van der Waals surface area contributed by atoms with E-state index in [1.165, 1.54) is 4.57 Å². The number of H-pyrrole nitrogens is 2. The third kappa shape index (κ3) is 15.6. The van der Waals surface area contributed by atoms with Crippen LogP contribution in [0.5, 0.6) is 0 Å². The van der Waals surface area contributed by atoms with Gasteiger partial charge in [0.05, 0.1) is 51.7 Å². The topological polar surface area (TPSA) is 816 Å². The summed E-state index contributed by atoms with van der Waals surface area (Å²) in [6.07, 6.45) is -32.7. The van der Waals surface area contributed by atoms with E-state index in [1.54, 1.807) is 0 Å². The maximum atomic E-state index is 14.4. The highest BCUT2D eigenvalue weighted by Gasteiger charge is 2.57. The minimum absolute atomic E-state index is 0.0244. The van der Waals surface area contributed by atoms with Gasteiger partial charge in [0.2, 0.25) is 11.9 Å². The van der Waals surface area contributed by atoms with Crippen LogP contribution in [0.15, 0.2) is 64.6 Å². The molecule has 56 nitrogen and oxygen atoms in total. The van der Waals surface area contributed by atoms with E-state index in [9.17, 15) is 92.3 Å². The van der Waals surface area contributed by atoms with Crippen LogP contribution in [-0.4, -0.2) is 267 Å². The summed E-state index contributed by atoms with van der Waals surface area (Å²) in [6, 6.07) is 1.04. The number of rotatable bonds is 28. The van der Waals surface area contributed by atoms with Crippen molar-refractivity contribution in [3.63, 3.8) is 0 Å². The predicted octanol–water partition coefficient (Wildman–Crippen LogP) is -6.57. The number of ether oxygens (including phenoxy) is 5. The zero-order valence-electron chi connectivity index (χ0n) is 54.9. The number of nitrogen functional groups attached to an aromatic ring is 5. The van der Waals surface area contributed by atoms with E-state index in [0.717, 1.165) is 63.9 Å². The van der Waals surface area contributed by atoms with Gasteiger partial charge in [-0.2, -0.15) is 15.0 Å². The van der Waals surface area contributed by atoms with Gasteiger partial charge < -0.3 is 103 Å². The van der Waals surface area contributed by atoms with Crippen LogP contribution in [0.4, 0.5) is 29.4 Å². The van der Waals surface area contributed by atoms with E-state index in [2.05, 4.69) is 64.8 Å². The maximum absolute atomic E-state index is 14.4. The third-order valence-electron chi connectivity index (χ3n) is 17.4. The van der Waals surface area contributed by atoms with Crippen LogP contribution in [0.1, 0.15) is 31.1 Å². The number of aromatic nitrogens is 18. The normalized spacial score (nSPS) is 31.6. The quantitative estimate of drug-likeness (QED) is 0.0203. The highest BCUT2D eigenvalue weighted by atomic mass is 31.2. The second-order valence-corrected chi connectivity index (χ2v) is 30.8. The Morgan fingerprint density at radius 3 is 1.13 bits per heavy atom. The lowest BCUT2D eigenvalue weighted by Crippen LogP contribution is -2.39. The number of aromatic amines is 2. The number of nitrogens with one attached hydrogen (secondary N) is 2. The Morgan fingerprint density at radius 1 is 0.427 bits per heavy atom. The molecule has 5 fully saturated rings. The van der Waals surface area contributed by atoms with Crippen molar-refractivity contribution in [3.05, 3.63) is 81.4 Å². The van der Waals surface area contributed by atoms with Crippen LogP contribution in [0, 0.1) is 0 Å². The van der Waals surface area contributed by atoms with E-state index in [1.807, 2.05) is 0 Å². The lowest BCUT2D eigenvalue weighted by atomic mass is 10.1. The number of aliphatic hydroxyl groups excluding tert-OH is 6. The predicted molar refractivity (Wildman–Crippen MR) is 351 cm³/mol. The first-order valence-electron chi connectivity index (χ1n) is 31.5. The van der Waals surface area contributed by atoms with Crippen LogP contribution in [-0.2, 0) is 87.2 Å². The van der Waals surface area contributed by atoms with E-state index in [-0.39, 0.29) is 56.6 Å². The van der Waals surface area contributed by atoms with Crippen LogP contribution < -0.4 is 45.5 Å². The largest absolute Gasteiger partial charge is 0.694 e. The van der Waals surface area contributed by atoms with Gasteiger partial charge in [0.25, 0.3) is 11.1 Å². The molecule has 9 aromatic heterocycles. The summed E-state index contributed by atoms with van der Waals surface area (Å²) >= 11 is 0. The second kappa shape index (κ2) is 30.3. The number of aliphatic hydroxyl groups is 6. The monoisotopic (exact) mass is 1650 g/mol. The first-order chi connectivity index (χ1) is 52.0. The summed E-state index contributed by atoms with van der Waals surface area (Å²) in [5, 5.41) is 69.3. The summed E-state index contributed by atoms with van der Waals surface area (Å²) in [5.41, 5.74) is 24.7. The lowest BCUT2D eigenvalue weighted by Gasteiger charge is -2.27. The molecule has 5 aliphatic heterocycles. The van der Waals surface area contributed by atoms with Crippen molar-refractivity contribution in [3.8, 4) is 0 Å². The molecule has 14 heterocycles. The van der Waals surface area contributed by atoms with Gasteiger partial charge in [0.1, 0.15) is 128 Å². The Bertz CT molecular complexity index is 5390. The smallest absolute Gasteiger partial charge is 0.387 e. The van der Waals surface area contributed by atoms with Crippen molar-refractivity contribution >= 4 is 114 Å². The van der Waals surface area contributed by atoms with Gasteiger partial charge >= 0.3 is 45.2 Å². The molecule has 0 aromatic carbocycles. The number of hydrogen-bond acceptors (Lipinski definition) is 44. The summed E-state index contributed by atoms with van der Waals surface area (Å²) in [6.45, 7) is -6.01. The molecule has 14 rings (SSSR count). The van der Waals surface area contributed by atoms with Gasteiger partial charge in [-0.15, -0.1) is 9.42 Å². The standard InChI is InChI=1S/C49H60N23O33P5/c50-19-1-2-68(49(81)63-19)43-26(75)31(103-109(88,89)96-7-17-32(28(77)45(100-17)71-12-61-22-38(71)64-47(53)66-40(22)79)104-107(84,85)93-4-14-24(73)25(74)42(97-14)69-10-59-20-34(51)55-8-57-36(20)69)16(99-43)5-94-110(90,91)105-33-18(101-46(29(33)78)72-13-62-23-39(72)65-48(54)67-41(23)80)6-95-108(86,87)102-30-15(3-92-106(82)83)98-44(27(30)76)70-11-60-21-35(52)56-9-58-37(21)70/h1-2,8-18,24-33,42-46,73-78H,3-7H2,(H16-,50,51,52,53,54,55,56,57,58,63,64,65,66,67,79,80,81,82,83,84,85,86,87,88,89,90,91)/p+1/t14-,15-,16-,17-,18-,24-,25-,26-,27-,28-,29-,30-,31-,32-,33-,42-,43-,44-,45-,46-/m1/s1. The Morgan fingerprint density at radius 2 is 0.755 bits per heavy atom. The van der Waals surface area contributed by atoms with Gasteiger partial charge in [-0.1, -0.05) is 0 Å². The number of anilines is 5. The van der Waals surface area contributed by atoms with Crippen LogP contribution in [0.3, 0.4) is 0 Å². The van der Waals surface area contributed by atoms with Crippen LogP contribution >= 0.6 is 39.5 Å². The van der Waals surface area contributed by atoms with Gasteiger partial charge in [0.15, 0.2) is 76.4 Å². The zero-order valence-corrected chi connectivity index (χ0v) is 59.4. The zero-order chi connectivity index (χ0) is 78.5. The lowest BCUT2D eigenvalue weighted by molar-refractivity contribution is -0.0650. The molecule has 23 N–H and O–H groups in total. The summed E-state index contributed by atoms with van der Waals surface area (Å²) in [7, 11) is -26.5. The Hall–Kier alpha value is -8.30. The molecule has 5 unspecified atom stereocenters. The van der Waals surface area contributed by atoms with Crippen molar-refractivity contribution in [2.75, 3.05) is 61.7 Å². The number of phosphoric acid groups is 4. The molecule has 0 aliphatic carbocycles. The number of hydrogen-bond donors (Lipinski definition) is 18. The average molecular weight is 1660 g/mol. The molecule has 0 amide bonds. The molecular weight excluding hydrogens is 1590 g/mol. The minimum atomic E-state index is -5.93. The molecule has 0 radical (unpaired) electrons. The van der Waals surface area contributed by atoms with Gasteiger partial charge in [-0.25, -0.2) is 62.9 Å². The summed E-state index contributed by atoms with van der Waals surface area (Å²) in [4.78, 5) is 142. The molecule has 5 saturated heterocycles. The molecule has 61 heteroatoms. The van der Waals surface area contributed by atoms with Crippen molar-refractivity contribution in [2.45, 2.75) is 123 Å². The summed E-state index contributed by atoms with van der Waals surface area (Å²) < 4.78 is 150. The first-order valence-corrected chi connectivity index (χ1v) is 38.6. The second-order valence-electron chi connectivity index (χ2n) is 24.4. The number of nitrogens with zero attached hydrogens (tertiary/aromatic N) is 16. The Kier molecular flexibility index (Phi) is 21.6.